The Morgan fingerprint density at radius 3 is 2.29 bits per heavy atom. The van der Waals surface area contributed by atoms with Gasteiger partial charge in [-0.25, -0.2) is 0 Å². The third-order valence-corrected chi connectivity index (χ3v) is 5.00. The van der Waals surface area contributed by atoms with E-state index in [4.69, 9.17) is 44.9 Å². The number of nitrogens with one attached hydrogen (secondary N) is 3. The third-order valence-electron chi connectivity index (χ3n) is 3.65. The lowest BCUT2D eigenvalue weighted by molar-refractivity contribution is -0.127. The molecule has 0 bridgehead atoms. The molecule has 0 aromatic heterocycles. The van der Waals surface area contributed by atoms with Gasteiger partial charge in [0.2, 0.25) is 0 Å². The van der Waals surface area contributed by atoms with Gasteiger partial charge >= 0.3 is 0 Å². The van der Waals surface area contributed by atoms with Crippen LogP contribution >= 0.6 is 51.3 Å². The Balaban J connectivity index is 1.85. The van der Waals surface area contributed by atoms with Crippen LogP contribution in [-0.2, 0) is 4.79 Å². The quantitative estimate of drug-likeness (QED) is 0.360. The molecule has 11 heteroatoms. The van der Waals surface area contributed by atoms with Gasteiger partial charge in [0.25, 0.3) is 11.8 Å². The summed E-state index contributed by atoms with van der Waals surface area (Å²) in [5.74, 6) is -0.0595. The molecule has 2 rings (SSSR count). The summed E-state index contributed by atoms with van der Waals surface area (Å²) in [6, 6.07) is 9.55. The van der Waals surface area contributed by atoms with E-state index in [-0.39, 0.29) is 16.2 Å². The molecule has 7 nitrogen and oxygen atoms in total. The number of halogens is 3. The van der Waals surface area contributed by atoms with E-state index in [0.29, 0.717) is 26.6 Å². The van der Waals surface area contributed by atoms with E-state index >= 15 is 0 Å². The number of hydrazine groups is 1. The SMILES string of the molecule is CC(C)Oc1ccc(C(=O)NC(=S)NNC(=O)C(C)Oc2ccc(Cl)cc2Cl)cc1Br. The van der Waals surface area contributed by atoms with Crippen molar-refractivity contribution in [3.8, 4) is 11.5 Å². The standard InChI is InChI=1S/C20H20BrCl2N3O4S/c1-10(2)29-16-6-4-12(8-14(16)21)19(28)24-20(31)26-25-18(27)11(3)30-17-7-5-13(22)9-15(17)23/h4-11H,1-3H3,(H,25,27)(H2,24,26,28,31). The molecule has 0 aliphatic heterocycles. The summed E-state index contributed by atoms with van der Waals surface area (Å²) >= 11 is 20.3. The number of hydrogen-bond donors (Lipinski definition) is 3. The lowest BCUT2D eigenvalue weighted by atomic mass is 10.2. The molecule has 3 N–H and O–H groups in total. The first-order valence-electron chi connectivity index (χ1n) is 9.06. The molecule has 0 aliphatic rings. The van der Waals surface area contributed by atoms with Gasteiger partial charge in [-0.1, -0.05) is 23.2 Å². The van der Waals surface area contributed by atoms with Crippen molar-refractivity contribution in [3.05, 3.63) is 56.5 Å². The second-order valence-corrected chi connectivity index (χ2v) is 8.65. The van der Waals surface area contributed by atoms with Crippen molar-refractivity contribution >= 4 is 68.3 Å². The van der Waals surface area contributed by atoms with Crippen LogP contribution in [0.15, 0.2) is 40.9 Å². The third kappa shape index (κ3) is 7.84. The number of amides is 2. The van der Waals surface area contributed by atoms with Gasteiger partial charge in [-0.05, 0) is 85.3 Å². The number of carbonyl (C=O) groups excluding carboxylic acids is 2. The van der Waals surface area contributed by atoms with Crippen molar-refractivity contribution < 1.29 is 19.1 Å². The molecule has 0 fully saturated rings. The maximum atomic E-state index is 12.4. The van der Waals surface area contributed by atoms with Gasteiger partial charge in [-0.3, -0.25) is 25.8 Å². The average Bonchev–Trinajstić information content (AvgIpc) is 2.69. The Morgan fingerprint density at radius 2 is 1.68 bits per heavy atom. The summed E-state index contributed by atoms with van der Waals surface area (Å²) in [5, 5.41) is 3.11. The van der Waals surface area contributed by atoms with Gasteiger partial charge in [0.15, 0.2) is 11.2 Å². The van der Waals surface area contributed by atoms with Crippen LogP contribution in [0, 0.1) is 0 Å². The number of benzene rings is 2. The molecule has 166 valence electrons. The predicted octanol–water partition coefficient (Wildman–Crippen LogP) is 4.65. The zero-order valence-electron chi connectivity index (χ0n) is 16.8. The molecule has 1 atom stereocenters. The Bertz CT molecular complexity index is 991. The van der Waals surface area contributed by atoms with E-state index in [1.54, 1.807) is 30.3 Å². The highest BCUT2D eigenvalue weighted by Crippen LogP contribution is 2.28. The van der Waals surface area contributed by atoms with Crippen LogP contribution in [0.5, 0.6) is 11.5 Å². The Kier molecular flexibility index (Phi) is 9.36. The normalized spacial score (nSPS) is 11.5. The first kappa shape index (κ1) is 25.2. The number of thiocarbonyl (C=S) groups is 1. The van der Waals surface area contributed by atoms with Crippen LogP contribution in [0.3, 0.4) is 0 Å². The number of hydrogen-bond acceptors (Lipinski definition) is 5. The molecule has 0 saturated carbocycles. The first-order chi connectivity index (χ1) is 14.6. The summed E-state index contributed by atoms with van der Waals surface area (Å²) in [7, 11) is 0. The van der Waals surface area contributed by atoms with Crippen LogP contribution in [0.1, 0.15) is 31.1 Å². The molecule has 1 unspecified atom stereocenters. The van der Waals surface area contributed by atoms with E-state index in [9.17, 15) is 9.59 Å². The molecule has 0 spiro atoms. The van der Waals surface area contributed by atoms with Crippen molar-refractivity contribution in [2.75, 3.05) is 0 Å². The topological polar surface area (TPSA) is 88.7 Å². The Labute approximate surface area is 203 Å². The molecule has 0 heterocycles. The van der Waals surface area contributed by atoms with Crippen LogP contribution in [-0.4, -0.2) is 29.1 Å². The van der Waals surface area contributed by atoms with Crippen molar-refractivity contribution in [1.29, 1.82) is 0 Å². The van der Waals surface area contributed by atoms with Crippen molar-refractivity contribution in [2.45, 2.75) is 33.0 Å². The van der Waals surface area contributed by atoms with E-state index in [1.165, 1.54) is 13.0 Å². The van der Waals surface area contributed by atoms with Crippen molar-refractivity contribution in [1.82, 2.24) is 16.2 Å². The number of ether oxygens (including phenoxy) is 2. The number of carbonyl (C=O) groups is 2. The second kappa shape index (κ2) is 11.5. The largest absolute Gasteiger partial charge is 0.490 e. The Hall–Kier alpha value is -2.07. The van der Waals surface area contributed by atoms with Gasteiger partial charge in [0.05, 0.1) is 15.6 Å². The second-order valence-electron chi connectivity index (χ2n) is 6.54. The highest BCUT2D eigenvalue weighted by Gasteiger charge is 2.17. The van der Waals surface area contributed by atoms with Crippen LogP contribution in [0.25, 0.3) is 0 Å². The Morgan fingerprint density at radius 1 is 1.00 bits per heavy atom. The molecule has 31 heavy (non-hydrogen) atoms. The van der Waals surface area contributed by atoms with Crippen LogP contribution in [0.2, 0.25) is 10.0 Å². The fourth-order valence-corrected chi connectivity index (χ4v) is 3.30. The summed E-state index contributed by atoms with van der Waals surface area (Å²) in [4.78, 5) is 24.6. The lowest BCUT2D eigenvalue weighted by Gasteiger charge is -2.17. The van der Waals surface area contributed by atoms with Gasteiger partial charge in [-0.2, -0.15) is 0 Å². The number of rotatable bonds is 6. The minimum absolute atomic E-state index is 0.00143. The maximum absolute atomic E-state index is 12.4. The zero-order chi connectivity index (χ0) is 23.1. The monoisotopic (exact) mass is 547 g/mol. The highest BCUT2D eigenvalue weighted by atomic mass is 79.9. The summed E-state index contributed by atoms with van der Waals surface area (Å²) in [6.07, 6.45) is -0.896. The molecule has 2 aromatic rings. The van der Waals surface area contributed by atoms with Crippen LogP contribution < -0.4 is 25.6 Å². The lowest BCUT2D eigenvalue weighted by Crippen LogP contribution is -2.51. The predicted molar refractivity (Wildman–Crippen MR) is 128 cm³/mol. The maximum Gasteiger partial charge on any atom is 0.279 e. The van der Waals surface area contributed by atoms with E-state index < -0.39 is 17.9 Å². The summed E-state index contributed by atoms with van der Waals surface area (Å²) in [5.41, 5.74) is 5.17. The van der Waals surface area contributed by atoms with Gasteiger partial charge in [0.1, 0.15) is 11.5 Å². The van der Waals surface area contributed by atoms with Crippen LogP contribution in [0.4, 0.5) is 0 Å². The molecule has 2 amide bonds. The van der Waals surface area contributed by atoms with Gasteiger partial charge in [-0.15, -0.1) is 0 Å². The van der Waals surface area contributed by atoms with Gasteiger partial charge in [0, 0.05) is 10.6 Å². The molecule has 2 aromatic carbocycles. The molecular formula is C20H20BrCl2N3O4S. The van der Waals surface area contributed by atoms with E-state index in [1.807, 2.05) is 13.8 Å². The molecule has 0 saturated heterocycles. The van der Waals surface area contributed by atoms with E-state index in [2.05, 4.69) is 32.1 Å². The highest BCUT2D eigenvalue weighted by molar-refractivity contribution is 9.10. The first-order valence-corrected chi connectivity index (χ1v) is 11.0. The fraction of sp³-hybridized carbons (Fsp3) is 0.250. The minimum atomic E-state index is -0.894. The van der Waals surface area contributed by atoms with Crippen molar-refractivity contribution in [3.63, 3.8) is 0 Å². The molecular weight excluding hydrogens is 529 g/mol. The summed E-state index contributed by atoms with van der Waals surface area (Å²) in [6.45, 7) is 5.34. The van der Waals surface area contributed by atoms with E-state index in [0.717, 1.165) is 0 Å². The minimum Gasteiger partial charge on any atom is -0.490 e. The van der Waals surface area contributed by atoms with Gasteiger partial charge < -0.3 is 9.47 Å². The average molecular weight is 549 g/mol. The molecule has 0 aliphatic carbocycles. The molecule has 0 radical (unpaired) electrons. The summed E-state index contributed by atoms with van der Waals surface area (Å²) < 4.78 is 11.8. The smallest absolute Gasteiger partial charge is 0.279 e. The zero-order valence-corrected chi connectivity index (χ0v) is 20.7. The fourth-order valence-electron chi connectivity index (χ4n) is 2.23. The van der Waals surface area contributed by atoms with Crippen molar-refractivity contribution in [2.24, 2.45) is 0 Å².